The fourth-order valence-corrected chi connectivity index (χ4v) is 5.16. The van der Waals surface area contributed by atoms with Crippen molar-refractivity contribution in [2.75, 3.05) is 30.7 Å². The lowest BCUT2D eigenvalue weighted by Gasteiger charge is -2.22. The maximum Gasteiger partial charge on any atom is 0.244 e. The van der Waals surface area contributed by atoms with Crippen molar-refractivity contribution in [3.8, 4) is 17.2 Å². The van der Waals surface area contributed by atoms with Gasteiger partial charge in [0.25, 0.3) is 0 Å². The molecular formula is C25H22N2O5S. The van der Waals surface area contributed by atoms with Crippen LogP contribution in [0.2, 0.25) is 0 Å². The van der Waals surface area contributed by atoms with Crippen LogP contribution in [0.25, 0.3) is 0 Å². The van der Waals surface area contributed by atoms with Gasteiger partial charge in [-0.15, -0.1) is 11.8 Å². The van der Waals surface area contributed by atoms with Crippen LogP contribution in [0.1, 0.15) is 17.2 Å². The maximum absolute atomic E-state index is 13.3. The molecule has 0 spiro atoms. The van der Waals surface area contributed by atoms with Crippen molar-refractivity contribution in [3.63, 3.8) is 0 Å². The summed E-state index contributed by atoms with van der Waals surface area (Å²) in [5, 5.41) is 2.79. The van der Waals surface area contributed by atoms with Crippen molar-refractivity contribution < 1.29 is 23.8 Å². The van der Waals surface area contributed by atoms with Gasteiger partial charge in [-0.25, -0.2) is 0 Å². The van der Waals surface area contributed by atoms with Crippen LogP contribution in [0.4, 0.5) is 11.4 Å². The van der Waals surface area contributed by atoms with Crippen molar-refractivity contribution >= 4 is 35.0 Å². The lowest BCUT2D eigenvalue weighted by atomic mass is 10.1. The van der Waals surface area contributed by atoms with Gasteiger partial charge in [0.1, 0.15) is 12.3 Å². The normalized spacial score (nSPS) is 16.7. The van der Waals surface area contributed by atoms with Crippen LogP contribution in [-0.2, 0) is 9.59 Å². The number of hydrogen-bond donors (Lipinski definition) is 1. The Kier molecular flexibility index (Phi) is 5.83. The molecule has 3 aromatic rings. The highest BCUT2D eigenvalue weighted by Crippen LogP contribution is 2.45. The Morgan fingerprint density at radius 1 is 1.09 bits per heavy atom. The second-order valence-electron chi connectivity index (χ2n) is 7.65. The highest BCUT2D eigenvalue weighted by molar-refractivity contribution is 7.99. The summed E-state index contributed by atoms with van der Waals surface area (Å²) in [5.74, 6) is 1.61. The quantitative estimate of drug-likeness (QED) is 0.596. The zero-order chi connectivity index (χ0) is 22.8. The Morgan fingerprint density at radius 2 is 1.88 bits per heavy atom. The number of nitrogens with one attached hydrogen (secondary N) is 1. The zero-order valence-corrected chi connectivity index (χ0v) is 18.8. The topological polar surface area (TPSA) is 77.1 Å². The first-order valence-corrected chi connectivity index (χ1v) is 11.4. The molecule has 168 valence electrons. The van der Waals surface area contributed by atoms with Crippen LogP contribution in [0, 0.1) is 0 Å². The number of carbonyl (C=O) groups is 2. The maximum atomic E-state index is 13.3. The molecule has 1 N–H and O–H groups in total. The van der Waals surface area contributed by atoms with Crippen molar-refractivity contribution in [1.29, 1.82) is 0 Å². The third-order valence-electron chi connectivity index (χ3n) is 5.53. The molecule has 0 aliphatic carbocycles. The van der Waals surface area contributed by atoms with E-state index in [1.807, 2.05) is 48.5 Å². The number of carbonyl (C=O) groups excluding carboxylic acids is 2. The van der Waals surface area contributed by atoms with E-state index in [9.17, 15) is 9.59 Å². The van der Waals surface area contributed by atoms with Crippen molar-refractivity contribution in [2.45, 2.75) is 16.6 Å². The average Bonchev–Trinajstić information content (AvgIpc) is 3.25. The van der Waals surface area contributed by atoms with E-state index < -0.39 is 0 Å². The van der Waals surface area contributed by atoms with Crippen LogP contribution < -0.4 is 24.4 Å². The van der Waals surface area contributed by atoms with Gasteiger partial charge < -0.3 is 24.4 Å². The van der Waals surface area contributed by atoms with Gasteiger partial charge in [-0.3, -0.25) is 9.59 Å². The van der Waals surface area contributed by atoms with Crippen LogP contribution in [0.15, 0.2) is 71.6 Å². The number of nitrogens with zero attached hydrogens (tertiary/aromatic N) is 1. The molecule has 2 heterocycles. The number of ether oxygens (including phenoxy) is 3. The van der Waals surface area contributed by atoms with Crippen LogP contribution in [0.5, 0.6) is 17.2 Å². The van der Waals surface area contributed by atoms with Gasteiger partial charge in [-0.2, -0.15) is 0 Å². The molecule has 0 bridgehead atoms. The SMILES string of the molecule is COc1ccc([C@@H]2CC(=O)N(CC(=O)Nc3ccc4c(c3)OCO4)c3ccccc3S2)cc1. The van der Waals surface area contributed by atoms with Crippen molar-refractivity contribution in [2.24, 2.45) is 0 Å². The molecule has 2 aliphatic rings. The number of para-hydroxylation sites is 1. The molecule has 2 aliphatic heterocycles. The minimum absolute atomic E-state index is 0.0634. The Bertz CT molecular complexity index is 1200. The minimum Gasteiger partial charge on any atom is -0.497 e. The number of fused-ring (bicyclic) bond motifs is 2. The predicted octanol–water partition coefficient (Wildman–Crippen LogP) is 4.63. The molecule has 0 saturated carbocycles. The van der Waals surface area contributed by atoms with Crippen LogP contribution in [0.3, 0.4) is 0 Å². The average molecular weight is 463 g/mol. The van der Waals surface area contributed by atoms with E-state index in [-0.39, 0.29) is 36.8 Å². The summed E-state index contributed by atoms with van der Waals surface area (Å²) < 4.78 is 15.9. The number of anilines is 2. The molecule has 0 aromatic heterocycles. The molecule has 2 amide bonds. The fourth-order valence-electron chi connectivity index (χ4n) is 3.87. The number of rotatable bonds is 5. The number of benzene rings is 3. The molecule has 1 atom stereocenters. The predicted molar refractivity (Wildman–Crippen MR) is 126 cm³/mol. The Morgan fingerprint density at radius 3 is 2.70 bits per heavy atom. The molecule has 7 nitrogen and oxygen atoms in total. The Hall–Kier alpha value is -3.65. The summed E-state index contributed by atoms with van der Waals surface area (Å²) in [5.41, 5.74) is 2.37. The number of hydrogen-bond acceptors (Lipinski definition) is 6. The highest BCUT2D eigenvalue weighted by atomic mass is 32.2. The smallest absolute Gasteiger partial charge is 0.244 e. The van der Waals surface area contributed by atoms with E-state index in [0.29, 0.717) is 17.2 Å². The third kappa shape index (κ3) is 4.47. The van der Waals surface area contributed by atoms with E-state index in [4.69, 9.17) is 14.2 Å². The third-order valence-corrected chi connectivity index (χ3v) is 6.85. The van der Waals surface area contributed by atoms with Gasteiger partial charge in [-0.1, -0.05) is 24.3 Å². The zero-order valence-electron chi connectivity index (χ0n) is 17.9. The molecule has 5 rings (SSSR count). The summed E-state index contributed by atoms with van der Waals surface area (Å²) in [6.45, 7) is 0.0823. The highest BCUT2D eigenvalue weighted by Gasteiger charge is 2.30. The number of methoxy groups -OCH3 is 1. The molecule has 3 aromatic carbocycles. The summed E-state index contributed by atoms with van der Waals surface area (Å²) in [4.78, 5) is 28.7. The van der Waals surface area contributed by atoms with Gasteiger partial charge in [-0.05, 0) is 42.0 Å². The summed E-state index contributed by atoms with van der Waals surface area (Å²) >= 11 is 1.63. The van der Waals surface area contributed by atoms with Crippen molar-refractivity contribution in [3.05, 3.63) is 72.3 Å². The molecule has 0 radical (unpaired) electrons. The van der Waals surface area contributed by atoms with E-state index in [2.05, 4.69) is 5.32 Å². The fraction of sp³-hybridized carbons (Fsp3) is 0.200. The van der Waals surface area contributed by atoms with Gasteiger partial charge >= 0.3 is 0 Å². The standard InChI is InChI=1S/C25H22N2O5S/c1-30-18-9-6-16(7-10-18)23-13-25(29)27(19-4-2-3-5-22(19)33-23)14-24(28)26-17-8-11-20-21(12-17)32-15-31-20/h2-12,23H,13-15H2,1H3,(H,26,28)/t23-/m0/s1. The minimum atomic E-state index is -0.287. The summed E-state index contributed by atoms with van der Waals surface area (Å²) in [6, 6.07) is 20.7. The van der Waals surface area contributed by atoms with E-state index in [1.54, 1.807) is 42.0 Å². The van der Waals surface area contributed by atoms with E-state index in [0.717, 1.165) is 21.9 Å². The second-order valence-corrected chi connectivity index (χ2v) is 8.89. The van der Waals surface area contributed by atoms with Crippen LogP contribution in [-0.4, -0.2) is 32.3 Å². The monoisotopic (exact) mass is 462 g/mol. The number of thioether (sulfide) groups is 1. The first kappa shape index (κ1) is 21.2. The van der Waals surface area contributed by atoms with E-state index in [1.165, 1.54) is 0 Å². The van der Waals surface area contributed by atoms with Crippen molar-refractivity contribution in [1.82, 2.24) is 0 Å². The Labute approximate surface area is 195 Å². The van der Waals surface area contributed by atoms with Gasteiger partial charge in [0, 0.05) is 28.3 Å². The number of amides is 2. The Balaban J connectivity index is 1.36. The second kappa shape index (κ2) is 9.07. The summed E-state index contributed by atoms with van der Waals surface area (Å²) in [7, 11) is 1.63. The molecule has 8 heteroatoms. The lowest BCUT2D eigenvalue weighted by molar-refractivity contribution is -0.121. The van der Waals surface area contributed by atoms with Gasteiger partial charge in [0.05, 0.1) is 12.8 Å². The molecule has 0 saturated heterocycles. The first-order valence-electron chi connectivity index (χ1n) is 10.5. The van der Waals surface area contributed by atoms with Gasteiger partial charge in [0.15, 0.2) is 11.5 Å². The molecule has 0 fully saturated rings. The van der Waals surface area contributed by atoms with Crippen LogP contribution >= 0.6 is 11.8 Å². The van der Waals surface area contributed by atoms with E-state index >= 15 is 0 Å². The summed E-state index contributed by atoms with van der Waals surface area (Å²) in [6.07, 6.45) is 0.281. The lowest BCUT2D eigenvalue weighted by Crippen LogP contribution is -2.38. The molecule has 33 heavy (non-hydrogen) atoms. The van der Waals surface area contributed by atoms with Gasteiger partial charge in [0.2, 0.25) is 18.6 Å². The molecule has 0 unspecified atom stereocenters. The molecular weight excluding hydrogens is 440 g/mol. The largest absolute Gasteiger partial charge is 0.497 e. The first-order chi connectivity index (χ1) is 16.1.